The summed E-state index contributed by atoms with van der Waals surface area (Å²) in [5.41, 5.74) is 3.01. The number of hydrogen-bond acceptors (Lipinski definition) is 5. The van der Waals surface area contributed by atoms with Crippen molar-refractivity contribution in [3.05, 3.63) is 53.1 Å². The molecule has 154 valence electrons. The van der Waals surface area contributed by atoms with E-state index < -0.39 is 15.1 Å². The van der Waals surface area contributed by atoms with E-state index in [0.29, 0.717) is 23.5 Å². The first-order valence-electron chi connectivity index (χ1n) is 9.30. The highest BCUT2D eigenvalue weighted by Gasteiger charge is 2.29. The number of benzene rings is 2. The zero-order chi connectivity index (χ0) is 21.2. The molecular weight excluding hydrogens is 392 g/mol. The first kappa shape index (κ1) is 20.9. The van der Waals surface area contributed by atoms with Crippen LogP contribution in [0.4, 0.5) is 5.69 Å². The van der Waals surface area contributed by atoms with E-state index in [1.807, 2.05) is 31.2 Å². The summed E-state index contributed by atoms with van der Waals surface area (Å²) < 4.78 is 31.4. The number of aryl methyl sites for hydroxylation is 2. The molecule has 1 atom stereocenters. The number of nitrogens with one attached hydrogen (secondary N) is 2. The van der Waals surface area contributed by atoms with Crippen LogP contribution in [-0.4, -0.2) is 32.1 Å². The summed E-state index contributed by atoms with van der Waals surface area (Å²) >= 11 is 0. The van der Waals surface area contributed by atoms with Crippen LogP contribution in [0.2, 0.25) is 0 Å². The fourth-order valence-corrected chi connectivity index (χ4v) is 4.67. The Morgan fingerprint density at radius 1 is 1.21 bits per heavy atom. The molecule has 0 unspecified atom stereocenters. The zero-order valence-electron chi connectivity index (χ0n) is 16.6. The van der Waals surface area contributed by atoms with Crippen molar-refractivity contribution >= 4 is 27.3 Å². The lowest BCUT2D eigenvalue weighted by molar-refractivity contribution is -0.121. The summed E-state index contributed by atoms with van der Waals surface area (Å²) in [6.45, 7) is 5.33. The fraction of sp³-hybridized carbons (Fsp3) is 0.333. The molecule has 29 heavy (non-hydrogen) atoms. The number of anilines is 1. The van der Waals surface area contributed by atoms with Gasteiger partial charge in [-0.2, -0.15) is 0 Å². The monoisotopic (exact) mass is 416 g/mol. The quantitative estimate of drug-likeness (QED) is 0.753. The summed E-state index contributed by atoms with van der Waals surface area (Å²) in [5.74, 6) is -0.309. The molecule has 0 bridgehead atoms. The topological polar surface area (TPSA) is 102 Å². The van der Waals surface area contributed by atoms with Gasteiger partial charge in [0.1, 0.15) is 5.75 Å². The average molecular weight is 416 g/mol. The second-order valence-electron chi connectivity index (χ2n) is 7.27. The molecule has 2 N–H and O–H groups in total. The minimum absolute atomic E-state index is 0.103. The minimum Gasteiger partial charge on any atom is -0.482 e. The number of ether oxygens (including phenoxy) is 1. The standard InChI is InChI=1S/C21H24N2O5S/c1-13-4-6-16(7-5-13)11-22-20(24)9-15(3)29(26,27)19-10-18-17(8-14(19)2)23-21(25)12-28-18/h4-8,10,15H,9,11-12H2,1-3H3,(H,22,24)(H,23,25)/t15-/m1/s1. The highest BCUT2D eigenvalue weighted by Crippen LogP contribution is 2.34. The largest absolute Gasteiger partial charge is 0.482 e. The molecular formula is C21H24N2O5S. The van der Waals surface area contributed by atoms with Crippen LogP contribution in [0.25, 0.3) is 0 Å². The second kappa shape index (κ2) is 8.24. The van der Waals surface area contributed by atoms with Crippen LogP contribution in [-0.2, 0) is 26.0 Å². The van der Waals surface area contributed by atoms with Gasteiger partial charge in [0.25, 0.3) is 5.91 Å². The number of sulfone groups is 1. The maximum atomic E-state index is 13.0. The molecule has 0 spiro atoms. The number of rotatable bonds is 6. The first-order chi connectivity index (χ1) is 13.7. The maximum absolute atomic E-state index is 13.0. The van der Waals surface area contributed by atoms with E-state index in [1.54, 1.807) is 13.0 Å². The van der Waals surface area contributed by atoms with Gasteiger partial charge in [0, 0.05) is 19.0 Å². The molecule has 7 nitrogen and oxygen atoms in total. The molecule has 0 saturated carbocycles. The van der Waals surface area contributed by atoms with Gasteiger partial charge in [0.05, 0.1) is 15.8 Å². The van der Waals surface area contributed by atoms with E-state index in [2.05, 4.69) is 10.6 Å². The van der Waals surface area contributed by atoms with Crippen molar-refractivity contribution in [3.8, 4) is 5.75 Å². The van der Waals surface area contributed by atoms with Gasteiger partial charge in [0.2, 0.25) is 5.91 Å². The molecule has 3 rings (SSSR count). The summed E-state index contributed by atoms with van der Waals surface area (Å²) in [4.78, 5) is 23.8. The SMILES string of the molecule is Cc1ccc(CNC(=O)C[C@@H](C)S(=O)(=O)c2cc3c(cc2C)NC(=O)CO3)cc1. The first-order valence-corrected chi connectivity index (χ1v) is 10.8. The number of fused-ring (bicyclic) bond motifs is 1. The Balaban J connectivity index is 1.69. The van der Waals surface area contributed by atoms with E-state index in [1.165, 1.54) is 13.0 Å². The molecule has 8 heteroatoms. The van der Waals surface area contributed by atoms with Crippen LogP contribution in [0.3, 0.4) is 0 Å². The Bertz CT molecular complexity index is 1050. The van der Waals surface area contributed by atoms with Crippen LogP contribution in [0.15, 0.2) is 41.3 Å². The summed E-state index contributed by atoms with van der Waals surface area (Å²) in [5, 5.41) is 4.51. The third-order valence-electron chi connectivity index (χ3n) is 4.83. The highest BCUT2D eigenvalue weighted by molar-refractivity contribution is 7.92. The van der Waals surface area contributed by atoms with Crippen molar-refractivity contribution in [1.82, 2.24) is 5.32 Å². The van der Waals surface area contributed by atoms with Crippen molar-refractivity contribution in [2.75, 3.05) is 11.9 Å². The molecule has 0 aromatic heterocycles. The van der Waals surface area contributed by atoms with Crippen molar-refractivity contribution in [1.29, 1.82) is 0 Å². The Hall–Kier alpha value is -2.87. The lowest BCUT2D eigenvalue weighted by Crippen LogP contribution is -2.30. The molecule has 2 aromatic rings. The van der Waals surface area contributed by atoms with Crippen LogP contribution in [0, 0.1) is 13.8 Å². The molecule has 1 heterocycles. The van der Waals surface area contributed by atoms with Crippen LogP contribution in [0.5, 0.6) is 5.75 Å². The van der Waals surface area contributed by atoms with Gasteiger partial charge >= 0.3 is 0 Å². The van der Waals surface area contributed by atoms with E-state index >= 15 is 0 Å². The molecule has 0 saturated heterocycles. The van der Waals surface area contributed by atoms with Crippen molar-refractivity contribution < 1.29 is 22.7 Å². The average Bonchev–Trinajstić information content (AvgIpc) is 2.66. The normalized spacial score (nSPS) is 14.4. The predicted molar refractivity (Wildman–Crippen MR) is 110 cm³/mol. The van der Waals surface area contributed by atoms with Gasteiger partial charge in [-0.1, -0.05) is 29.8 Å². The highest BCUT2D eigenvalue weighted by atomic mass is 32.2. The van der Waals surface area contributed by atoms with Gasteiger partial charge in [0.15, 0.2) is 16.4 Å². The Morgan fingerprint density at radius 3 is 2.59 bits per heavy atom. The second-order valence-corrected chi connectivity index (χ2v) is 9.61. The van der Waals surface area contributed by atoms with E-state index in [0.717, 1.165) is 11.1 Å². The Kier molecular flexibility index (Phi) is 5.93. The fourth-order valence-electron chi connectivity index (χ4n) is 3.09. The molecule has 2 aromatic carbocycles. The van der Waals surface area contributed by atoms with E-state index in [-0.39, 0.29) is 29.7 Å². The lowest BCUT2D eigenvalue weighted by atomic mass is 10.1. The molecule has 0 radical (unpaired) electrons. The summed E-state index contributed by atoms with van der Waals surface area (Å²) in [6, 6.07) is 10.7. The summed E-state index contributed by atoms with van der Waals surface area (Å²) in [7, 11) is -3.75. The zero-order valence-corrected chi connectivity index (χ0v) is 17.4. The molecule has 0 aliphatic carbocycles. The Labute approximate surface area is 170 Å². The number of carbonyl (C=O) groups is 2. The number of amides is 2. The van der Waals surface area contributed by atoms with Gasteiger partial charge in [-0.15, -0.1) is 0 Å². The van der Waals surface area contributed by atoms with Crippen LogP contribution >= 0.6 is 0 Å². The minimum atomic E-state index is -3.75. The lowest BCUT2D eigenvalue weighted by Gasteiger charge is -2.21. The maximum Gasteiger partial charge on any atom is 0.262 e. The third kappa shape index (κ3) is 4.76. The van der Waals surface area contributed by atoms with Gasteiger partial charge in [-0.25, -0.2) is 8.42 Å². The molecule has 1 aliphatic heterocycles. The van der Waals surface area contributed by atoms with Crippen LogP contribution in [0.1, 0.15) is 30.0 Å². The summed E-state index contributed by atoms with van der Waals surface area (Å²) in [6.07, 6.45) is -0.150. The molecule has 1 aliphatic rings. The molecule has 0 fully saturated rings. The predicted octanol–water partition coefficient (Wildman–Crippen LogP) is 2.50. The van der Waals surface area contributed by atoms with Crippen molar-refractivity contribution in [2.45, 2.75) is 43.9 Å². The van der Waals surface area contributed by atoms with Gasteiger partial charge in [-0.05, 0) is 38.0 Å². The Morgan fingerprint density at radius 2 is 1.90 bits per heavy atom. The smallest absolute Gasteiger partial charge is 0.262 e. The van der Waals surface area contributed by atoms with Crippen LogP contribution < -0.4 is 15.4 Å². The van der Waals surface area contributed by atoms with Crippen molar-refractivity contribution in [3.63, 3.8) is 0 Å². The van der Waals surface area contributed by atoms with Gasteiger partial charge in [-0.3, -0.25) is 9.59 Å². The van der Waals surface area contributed by atoms with E-state index in [4.69, 9.17) is 4.74 Å². The van der Waals surface area contributed by atoms with Gasteiger partial charge < -0.3 is 15.4 Å². The van der Waals surface area contributed by atoms with Crippen molar-refractivity contribution in [2.24, 2.45) is 0 Å². The number of hydrogen-bond donors (Lipinski definition) is 2. The third-order valence-corrected chi connectivity index (χ3v) is 7.11. The number of carbonyl (C=O) groups excluding carboxylic acids is 2. The van der Waals surface area contributed by atoms with E-state index in [9.17, 15) is 18.0 Å². The molecule has 2 amide bonds.